The standard InChI is InChI=1S/C35H39N5O4/c1-38-33-27(14-25(17-31(33)44-3)35(42)39-13-5-6-22(18-36)19-39)37-34(38)28-15-24-7-4-8-26(32(24)40(28)20-21-9-10-21)23-11-12-29(41)30(16-23)43-2/h4,7-8,11-12,14-17,21-22,41H,5-6,9-10,13,18-20,36H2,1-3H3/t22-/m0/s1. The number of rotatable bonds is 8. The van der Waals surface area contributed by atoms with Gasteiger partial charge in [-0.05, 0) is 80.0 Å². The Hall–Kier alpha value is -4.50. The second kappa shape index (κ2) is 11.2. The Morgan fingerprint density at radius 1 is 1.00 bits per heavy atom. The number of nitrogens with two attached hydrogens (primary N) is 1. The first-order chi connectivity index (χ1) is 21.4. The molecule has 228 valence electrons. The summed E-state index contributed by atoms with van der Waals surface area (Å²) < 4.78 is 15.8. The van der Waals surface area contributed by atoms with Gasteiger partial charge in [0.25, 0.3) is 5.91 Å². The Bertz CT molecular complexity index is 1890. The first-order valence-corrected chi connectivity index (χ1v) is 15.4. The van der Waals surface area contributed by atoms with Crippen LogP contribution < -0.4 is 15.2 Å². The number of fused-ring (bicyclic) bond motifs is 2. The van der Waals surface area contributed by atoms with Crippen LogP contribution in [0.25, 0.3) is 44.6 Å². The topological polar surface area (TPSA) is 108 Å². The Kier molecular flexibility index (Phi) is 7.20. The smallest absolute Gasteiger partial charge is 0.254 e. The van der Waals surface area contributed by atoms with Crippen LogP contribution in [0.3, 0.4) is 0 Å². The minimum absolute atomic E-state index is 0.00707. The van der Waals surface area contributed by atoms with E-state index < -0.39 is 0 Å². The van der Waals surface area contributed by atoms with Gasteiger partial charge in [-0.15, -0.1) is 0 Å². The molecule has 2 aromatic heterocycles. The predicted molar refractivity (Wildman–Crippen MR) is 172 cm³/mol. The maximum absolute atomic E-state index is 13.6. The number of nitrogens with zero attached hydrogens (tertiary/aromatic N) is 4. The van der Waals surface area contributed by atoms with E-state index in [1.165, 1.54) is 12.8 Å². The lowest BCUT2D eigenvalue weighted by molar-refractivity contribution is 0.0678. The predicted octanol–water partition coefficient (Wildman–Crippen LogP) is 5.81. The van der Waals surface area contributed by atoms with E-state index in [0.29, 0.717) is 42.0 Å². The Labute approximate surface area is 256 Å². The van der Waals surface area contributed by atoms with Crippen molar-refractivity contribution >= 4 is 27.8 Å². The highest BCUT2D eigenvalue weighted by Gasteiger charge is 2.29. The van der Waals surface area contributed by atoms with E-state index in [2.05, 4.69) is 33.4 Å². The van der Waals surface area contributed by atoms with E-state index in [0.717, 1.165) is 70.5 Å². The number of benzene rings is 3. The van der Waals surface area contributed by atoms with E-state index in [9.17, 15) is 9.90 Å². The maximum atomic E-state index is 13.6. The molecule has 7 rings (SSSR count). The van der Waals surface area contributed by atoms with Gasteiger partial charge in [-0.2, -0.15) is 0 Å². The number of carbonyl (C=O) groups is 1. The number of hydrogen-bond donors (Lipinski definition) is 2. The fourth-order valence-electron chi connectivity index (χ4n) is 6.78. The van der Waals surface area contributed by atoms with Crippen LogP contribution in [-0.2, 0) is 13.6 Å². The number of phenolic OH excluding ortho intramolecular Hbond substituents is 1. The van der Waals surface area contributed by atoms with Crippen LogP contribution in [0.4, 0.5) is 0 Å². The van der Waals surface area contributed by atoms with Gasteiger partial charge in [-0.1, -0.05) is 24.3 Å². The lowest BCUT2D eigenvalue weighted by atomic mass is 9.97. The fourth-order valence-corrected chi connectivity index (χ4v) is 6.78. The zero-order valence-electron chi connectivity index (χ0n) is 25.5. The van der Waals surface area contributed by atoms with Crippen molar-refractivity contribution in [3.63, 3.8) is 0 Å². The zero-order valence-corrected chi connectivity index (χ0v) is 25.5. The number of para-hydroxylation sites is 1. The van der Waals surface area contributed by atoms with Crippen LogP contribution >= 0.6 is 0 Å². The van der Waals surface area contributed by atoms with E-state index in [-0.39, 0.29) is 11.7 Å². The van der Waals surface area contributed by atoms with Crippen molar-refractivity contribution in [2.45, 2.75) is 32.2 Å². The van der Waals surface area contributed by atoms with E-state index in [4.69, 9.17) is 20.2 Å². The molecule has 3 heterocycles. The van der Waals surface area contributed by atoms with Crippen molar-refractivity contribution in [2.24, 2.45) is 24.6 Å². The van der Waals surface area contributed by atoms with Gasteiger partial charge in [-0.3, -0.25) is 4.79 Å². The van der Waals surface area contributed by atoms with Crippen LogP contribution in [0.5, 0.6) is 17.2 Å². The second-order valence-corrected chi connectivity index (χ2v) is 12.2. The number of imidazole rings is 1. The lowest BCUT2D eigenvalue weighted by Gasteiger charge is -2.32. The summed E-state index contributed by atoms with van der Waals surface area (Å²) in [6, 6.07) is 17.8. The van der Waals surface area contributed by atoms with Gasteiger partial charge in [0.05, 0.1) is 30.9 Å². The van der Waals surface area contributed by atoms with Gasteiger partial charge in [-0.25, -0.2) is 4.98 Å². The number of methoxy groups -OCH3 is 2. The number of amides is 1. The molecule has 1 aliphatic heterocycles. The SMILES string of the molecule is COc1cc(-c2cccc3cc(-c4nc5cc(C(=O)N6CCC[C@@H](CN)C6)cc(OC)c5n4C)n(CC4CC4)c23)ccc1O. The summed E-state index contributed by atoms with van der Waals surface area (Å²) in [5.74, 6) is 2.94. The number of aromatic hydroxyl groups is 1. The largest absolute Gasteiger partial charge is 0.504 e. The number of aromatic nitrogens is 3. The molecule has 1 amide bonds. The molecule has 9 heteroatoms. The third kappa shape index (κ3) is 4.85. The molecule has 1 saturated carbocycles. The number of carbonyl (C=O) groups excluding carboxylic acids is 1. The number of aryl methyl sites for hydroxylation is 1. The molecule has 44 heavy (non-hydrogen) atoms. The summed E-state index contributed by atoms with van der Waals surface area (Å²) in [5.41, 5.74) is 12.3. The molecule has 3 N–H and O–H groups in total. The minimum atomic E-state index is -0.00707. The van der Waals surface area contributed by atoms with Crippen molar-refractivity contribution < 1.29 is 19.4 Å². The van der Waals surface area contributed by atoms with Crippen LogP contribution in [0, 0.1) is 11.8 Å². The molecule has 0 unspecified atom stereocenters. The molecule has 2 aliphatic rings. The number of hydrogen-bond acceptors (Lipinski definition) is 6. The Morgan fingerprint density at radius 3 is 2.57 bits per heavy atom. The Balaban J connectivity index is 1.37. The quantitative estimate of drug-likeness (QED) is 0.235. The average Bonchev–Trinajstić information content (AvgIpc) is 3.72. The molecular weight excluding hydrogens is 554 g/mol. The molecule has 0 spiro atoms. The van der Waals surface area contributed by atoms with Gasteiger partial charge in [0.15, 0.2) is 17.3 Å². The molecule has 3 aromatic carbocycles. The van der Waals surface area contributed by atoms with Gasteiger partial charge < -0.3 is 34.3 Å². The lowest BCUT2D eigenvalue weighted by Crippen LogP contribution is -2.42. The van der Waals surface area contributed by atoms with Gasteiger partial charge in [0, 0.05) is 43.2 Å². The van der Waals surface area contributed by atoms with E-state index in [1.807, 2.05) is 36.2 Å². The van der Waals surface area contributed by atoms with Crippen LogP contribution in [0.2, 0.25) is 0 Å². The first-order valence-electron chi connectivity index (χ1n) is 15.4. The number of ether oxygens (including phenoxy) is 2. The van der Waals surface area contributed by atoms with Crippen molar-refractivity contribution in [3.05, 3.63) is 60.2 Å². The third-order valence-corrected chi connectivity index (χ3v) is 9.32. The van der Waals surface area contributed by atoms with Crippen molar-refractivity contribution in [3.8, 4) is 39.9 Å². The summed E-state index contributed by atoms with van der Waals surface area (Å²) in [6.45, 7) is 2.89. The first kappa shape index (κ1) is 28.3. The van der Waals surface area contributed by atoms with Crippen LogP contribution in [0.15, 0.2) is 54.6 Å². The molecule has 0 bridgehead atoms. The summed E-state index contributed by atoms with van der Waals surface area (Å²) in [6.07, 6.45) is 4.43. The molecule has 5 aromatic rings. The molecule has 9 nitrogen and oxygen atoms in total. The van der Waals surface area contributed by atoms with Gasteiger partial charge in [0.2, 0.25) is 0 Å². The highest BCUT2D eigenvalue weighted by Crippen LogP contribution is 2.42. The normalized spacial score (nSPS) is 17.0. The number of likely N-dealkylation sites (tertiary alicyclic amines) is 1. The fraction of sp³-hybridized carbons (Fsp3) is 0.371. The van der Waals surface area contributed by atoms with Gasteiger partial charge in [0.1, 0.15) is 11.3 Å². The van der Waals surface area contributed by atoms with Crippen molar-refractivity contribution in [1.82, 2.24) is 19.0 Å². The van der Waals surface area contributed by atoms with E-state index in [1.54, 1.807) is 20.3 Å². The summed E-state index contributed by atoms with van der Waals surface area (Å²) in [7, 11) is 5.22. The van der Waals surface area contributed by atoms with E-state index >= 15 is 0 Å². The zero-order chi connectivity index (χ0) is 30.5. The third-order valence-electron chi connectivity index (χ3n) is 9.32. The van der Waals surface area contributed by atoms with Gasteiger partial charge >= 0.3 is 0 Å². The second-order valence-electron chi connectivity index (χ2n) is 12.2. The summed E-state index contributed by atoms with van der Waals surface area (Å²) in [4.78, 5) is 20.7. The average molecular weight is 594 g/mol. The highest BCUT2D eigenvalue weighted by atomic mass is 16.5. The van der Waals surface area contributed by atoms with Crippen LogP contribution in [0.1, 0.15) is 36.0 Å². The maximum Gasteiger partial charge on any atom is 0.254 e. The molecule has 2 fully saturated rings. The van der Waals surface area contributed by atoms with Crippen LogP contribution in [-0.4, -0.2) is 63.9 Å². The minimum Gasteiger partial charge on any atom is -0.504 e. The molecule has 1 aliphatic carbocycles. The monoisotopic (exact) mass is 593 g/mol. The highest BCUT2D eigenvalue weighted by molar-refractivity contribution is 6.01. The molecule has 0 radical (unpaired) electrons. The number of piperidine rings is 1. The molecular formula is C35H39N5O4. The van der Waals surface area contributed by atoms with Crippen molar-refractivity contribution in [1.29, 1.82) is 0 Å². The molecule has 1 atom stereocenters. The number of phenols is 1. The molecule has 1 saturated heterocycles. The Morgan fingerprint density at radius 2 is 1.82 bits per heavy atom. The van der Waals surface area contributed by atoms with Crippen molar-refractivity contribution in [2.75, 3.05) is 33.9 Å². The summed E-state index contributed by atoms with van der Waals surface area (Å²) >= 11 is 0. The summed E-state index contributed by atoms with van der Waals surface area (Å²) in [5, 5.41) is 11.4.